The zero-order valence-electron chi connectivity index (χ0n) is 11.4. The maximum Gasteiger partial charge on any atom is 0.303 e. The van der Waals surface area contributed by atoms with Crippen molar-refractivity contribution in [3.8, 4) is 0 Å². The first-order valence-electron chi connectivity index (χ1n) is 7.20. The Labute approximate surface area is 117 Å². The van der Waals surface area contributed by atoms with E-state index in [0.717, 1.165) is 31.2 Å². The van der Waals surface area contributed by atoms with Gasteiger partial charge in [-0.25, -0.2) is 4.39 Å². The standard InChI is InChI=1S/C16H19FO3/c17-13-4-2-11-1-3-12(9-15(18)19)16(14(11)10-13)5-7-20-8-6-16/h2,4,10,12H,1,3,5-9H2,(H,18,19). The number of aryl methyl sites for hydroxylation is 1. The van der Waals surface area contributed by atoms with Crippen LogP contribution in [0.4, 0.5) is 4.39 Å². The van der Waals surface area contributed by atoms with Gasteiger partial charge in [0.05, 0.1) is 0 Å². The molecule has 1 aromatic carbocycles. The van der Waals surface area contributed by atoms with Crippen LogP contribution >= 0.6 is 0 Å². The Morgan fingerprint density at radius 3 is 2.85 bits per heavy atom. The molecule has 1 unspecified atom stereocenters. The number of halogens is 1. The highest BCUT2D eigenvalue weighted by molar-refractivity contribution is 5.67. The molecule has 1 N–H and O–H groups in total. The maximum absolute atomic E-state index is 13.7. The lowest BCUT2D eigenvalue weighted by atomic mass is 9.58. The van der Waals surface area contributed by atoms with Crippen molar-refractivity contribution in [1.29, 1.82) is 0 Å². The van der Waals surface area contributed by atoms with Gasteiger partial charge in [0, 0.05) is 25.0 Å². The molecule has 1 atom stereocenters. The minimum absolute atomic E-state index is 0.0817. The lowest BCUT2D eigenvalue weighted by Gasteiger charge is -2.47. The summed E-state index contributed by atoms with van der Waals surface area (Å²) in [6, 6.07) is 4.98. The van der Waals surface area contributed by atoms with Crippen LogP contribution in [0.15, 0.2) is 18.2 Å². The van der Waals surface area contributed by atoms with Crippen molar-refractivity contribution >= 4 is 5.97 Å². The Bertz CT molecular complexity index is 520. The Morgan fingerprint density at radius 1 is 1.40 bits per heavy atom. The normalized spacial score (nSPS) is 24.4. The van der Waals surface area contributed by atoms with Crippen LogP contribution in [0.5, 0.6) is 0 Å². The summed E-state index contributed by atoms with van der Waals surface area (Å²) in [5.74, 6) is -0.912. The Morgan fingerprint density at radius 2 is 2.15 bits per heavy atom. The number of aliphatic carboxylic acids is 1. The molecule has 3 nitrogen and oxygen atoms in total. The van der Waals surface area contributed by atoms with Crippen molar-refractivity contribution in [3.63, 3.8) is 0 Å². The molecule has 2 aliphatic rings. The second-order valence-corrected chi connectivity index (χ2v) is 5.90. The Balaban J connectivity index is 2.06. The van der Waals surface area contributed by atoms with Crippen LogP contribution in [-0.2, 0) is 21.4 Å². The minimum atomic E-state index is -0.763. The molecule has 1 heterocycles. The molecule has 1 aromatic rings. The quantitative estimate of drug-likeness (QED) is 0.904. The lowest BCUT2D eigenvalue weighted by molar-refractivity contribution is -0.139. The number of carbonyl (C=O) groups is 1. The second kappa shape index (κ2) is 5.17. The van der Waals surface area contributed by atoms with Crippen LogP contribution in [0.25, 0.3) is 0 Å². The van der Waals surface area contributed by atoms with E-state index in [1.807, 2.05) is 6.07 Å². The topological polar surface area (TPSA) is 46.5 Å². The monoisotopic (exact) mass is 278 g/mol. The van der Waals surface area contributed by atoms with E-state index in [4.69, 9.17) is 4.74 Å². The van der Waals surface area contributed by atoms with Crippen molar-refractivity contribution in [2.45, 2.75) is 37.5 Å². The van der Waals surface area contributed by atoms with Gasteiger partial charge in [-0.15, -0.1) is 0 Å². The molecule has 4 heteroatoms. The number of ether oxygens (including phenoxy) is 1. The number of fused-ring (bicyclic) bond motifs is 2. The van der Waals surface area contributed by atoms with Crippen LogP contribution in [0.2, 0.25) is 0 Å². The molecule has 0 amide bonds. The van der Waals surface area contributed by atoms with Crippen LogP contribution < -0.4 is 0 Å². The first kappa shape index (κ1) is 13.6. The number of carboxylic acids is 1. The van der Waals surface area contributed by atoms with Gasteiger partial charge in [0.1, 0.15) is 5.82 Å². The molecule has 3 rings (SSSR count). The number of benzene rings is 1. The first-order valence-corrected chi connectivity index (χ1v) is 7.20. The van der Waals surface area contributed by atoms with Gasteiger partial charge in [-0.2, -0.15) is 0 Å². The molecular weight excluding hydrogens is 259 g/mol. The van der Waals surface area contributed by atoms with E-state index in [9.17, 15) is 14.3 Å². The van der Waals surface area contributed by atoms with Crippen LogP contribution in [-0.4, -0.2) is 24.3 Å². The van der Waals surface area contributed by atoms with Crippen molar-refractivity contribution in [1.82, 2.24) is 0 Å². The molecule has 1 spiro atoms. The molecule has 1 fully saturated rings. The van der Waals surface area contributed by atoms with Gasteiger partial charge in [0.25, 0.3) is 0 Å². The van der Waals surface area contributed by atoms with Crippen LogP contribution in [0.1, 0.15) is 36.8 Å². The summed E-state index contributed by atoms with van der Waals surface area (Å²) in [5.41, 5.74) is 1.99. The fourth-order valence-electron chi connectivity index (χ4n) is 3.98. The Hall–Kier alpha value is -1.42. The highest BCUT2D eigenvalue weighted by Crippen LogP contribution is 2.49. The summed E-state index contributed by atoms with van der Waals surface area (Å²) >= 11 is 0. The number of rotatable bonds is 2. The average molecular weight is 278 g/mol. The lowest BCUT2D eigenvalue weighted by Crippen LogP contribution is -2.45. The molecule has 0 saturated carbocycles. The number of hydrogen-bond acceptors (Lipinski definition) is 2. The predicted octanol–water partition coefficient (Wildman–Crippen LogP) is 2.91. The van der Waals surface area contributed by atoms with E-state index < -0.39 is 5.97 Å². The summed E-state index contributed by atoms with van der Waals surface area (Å²) in [6.07, 6.45) is 3.46. The molecule has 108 valence electrons. The third kappa shape index (κ3) is 2.22. The number of carboxylic acid groups (broad SMARTS) is 1. The highest BCUT2D eigenvalue weighted by Gasteiger charge is 2.45. The van der Waals surface area contributed by atoms with Gasteiger partial charge >= 0.3 is 5.97 Å². The smallest absolute Gasteiger partial charge is 0.303 e. The van der Waals surface area contributed by atoms with E-state index in [1.54, 1.807) is 6.07 Å². The molecule has 1 aliphatic heterocycles. The molecule has 0 bridgehead atoms. The van der Waals surface area contributed by atoms with E-state index in [2.05, 4.69) is 0 Å². The third-order valence-electron chi connectivity index (χ3n) is 4.96. The molecule has 1 saturated heterocycles. The van der Waals surface area contributed by atoms with Gasteiger partial charge < -0.3 is 9.84 Å². The zero-order chi connectivity index (χ0) is 14.2. The highest BCUT2D eigenvalue weighted by atomic mass is 19.1. The van der Waals surface area contributed by atoms with Crippen molar-refractivity contribution < 1.29 is 19.0 Å². The van der Waals surface area contributed by atoms with Gasteiger partial charge in [0.2, 0.25) is 0 Å². The number of hydrogen-bond donors (Lipinski definition) is 1. The molecule has 0 radical (unpaired) electrons. The summed E-state index contributed by atoms with van der Waals surface area (Å²) in [6.45, 7) is 1.26. The summed E-state index contributed by atoms with van der Waals surface area (Å²) in [5, 5.41) is 9.18. The fourth-order valence-corrected chi connectivity index (χ4v) is 3.98. The molecule has 20 heavy (non-hydrogen) atoms. The third-order valence-corrected chi connectivity index (χ3v) is 4.96. The summed E-state index contributed by atoms with van der Waals surface area (Å²) < 4.78 is 19.1. The van der Waals surface area contributed by atoms with Gasteiger partial charge in [-0.1, -0.05) is 6.07 Å². The van der Waals surface area contributed by atoms with E-state index >= 15 is 0 Å². The molecule has 1 aliphatic carbocycles. The van der Waals surface area contributed by atoms with Crippen LogP contribution in [0, 0.1) is 11.7 Å². The van der Waals surface area contributed by atoms with Gasteiger partial charge in [0.15, 0.2) is 0 Å². The van der Waals surface area contributed by atoms with E-state index in [0.29, 0.717) is 13.2 Å². The van der Waals surface area contributed by atoms with Crippen molar-refractivity contribution in [2.24, 2.45) is 5.92 Å². The van der Waals surface area contributed by atoms with Gasteiger partial charge in [-0.05, 0) is 54.9 Å². The second-order valence-electron chi connectivity index (χ2n) is 5.90. The molecular formula is C16H19FO3. The minimum Gasteiger partial charge on any atom is -0.481 e. The summed E-state index contributed by atoms with van der Waals surface area (Å²) in [4.78, 5) is 11.2. The SMILES string of the molecule is O=C(O)CC1CCc2ccc(F)cc2C12CCOCC2. The Kier molecular flexibility index (Phi) is 3.50. The fraction of sp³-hybridized carbons (Fsp3) is 0.562. The maximum atomic E-state index is 13.7. The van der Waals surface area contributed by atoms with Crippen molar-refractivity contribution in [3.05, 3.63) is 35.1 Å². The average Bonchev–Trinajstić information content (AvgIpc) is 2.44. The first-order chi connectivity index (χ1) is 9.62. The predicted molar refractivity (Wildman–Crippen MR) is 72.2 cm³/mol. The van der Waals surface area contributed by atoms with Crippen molar-refractivity contribution in [2.75, 3.05) is 13.2 Å². The summed E-state index contributed by atoms with van der Waals surface area (Å²) in [7, 11) is 0. The van der Waals surface area contributed by atoms with E-state index in [1.165, 1.54) is 11.6 Å². The molecule has 0 aromatic heterocycles. The van der Waals surface area contributed by atoms with Gasteiger partial charge in [-0.3, -0.25) is 4.79 Å². The van der Waals surface area contributed by atoms with Crippen LogP contribution in [0.3, 0.4) is 0 Å². The zero-order valence-corrected chi connectivity index (χ0v) is 11.4. The van der Waals surface area contributed by atoms with E-state index in [-0.39, 0.29) is 23.6 Å². The largest absolute Gasteiger partial charge is 0.481 e.